The number of nitrogens with one attached hydrogen (secondary N) is 8. The Kier molecular flexibility index (Phi) is 19.8. The lowest BCUT2D eigenvalue weighted by molar-refractivity contribution is -0.134. The molecule has 0 fully saturated rings. The quantitative estimate of drug-likeness (QED) is 0.0839. The molecule has 63 heavy (non-hydrogen) atoms. The van der Waals surface area contributed by atoms with Crippen LogP contribution in [-0.4, -0.2) is 163 Å². The van der Waals surface area contributed by atoms with Crippen molar-refractivity contribution in [2.24, 2.45) is 23.3 Å². The molecule has 350 valence electrons. The van der Waals surface area contributed by atoms with E-state index in [1.54, 1.807) is 13.8 Å². The van der Waals surface area contributed by atoms with Gasteiger partial charge in [0.2, 0.25) is 47.3 Å². The van der Waals surface area contributed by atoms with E-state index in [-0.39, 0.29) is 28.3 Å². The molecule has 0 saturated carbocycles. The highest BCUT2D eigenvalue weighted by molar-refractivity contribution is 7.85. The smallest absolute Gasteiger partial charge is 0.244 e. The Hall–Kier alpha value is -5.73. The van der Waals surface area contributed by atoms with Crippen LogP contribution in [0.2, 0.25) is 0 Å². The van der Waals surface area contributed by atoms with Crippen molar-refractivity contribution < 1.29 is 68.1 Å². The number of rotatable bonds is 14. The fourth-order valence-corrected chi connectivity index (χ4v) is 7.95. The number of primary amides is 1. The number of carbonyl (C=O) groups excluding carboxylic acids is 8. The summed E-state index contributed by atoms with van der Waals surface area (Å²) in [6, 6.07) is -3.32. The lowest BCUT2D eigenvalue weighted by atomic mass is 9.94. The van der Waals surface area contributed by atoms with Gasteiger partial charge in [-0.25, -0.2) is 0 Å². The molecule has 2 aromatic rings. The van der Waals surface area contributed by atoms with Crippen molar-refractivity contribution in [3.63, 3.8) is 0 Å². The molecule has 3 rings (SSSR count). The van der Waals surface area contributed by atoms with Gasteiger partial charge in [0.15, 0.2) is 0 Å². The molecule has 1 unspecified atom stereocenters. The van der Waals surface area contributed by atoms with Crippen LogP contribution in [0.15, 0.2) is 23.2 Å². The molecule has 0 spiro atoms. The Bertz CT molecular complexity index is 2020. The van der Waals surface area contributed by atoms with Gasteiger partial charge in [-0.2, -0.15) is 0 Å². The van der Waals surface area contributed by atoms with Crippen LogP contribution in [0.5, 0.6) is 5.75 Å². The molecule has 0 radical (unpaired) electrons. The molecule has 0 bridgehead atoms. The molecule has 0 saturated heterocycles. The maximum atomic E-state index is 14.4. The van der Waals surface area contributed by atoms with E-state index in [4.69, 9.17) is 11.5 Å². The van der Waals surface area contributed by atoms with Crippen molar-refractivity contribution >= 4 is 69.0 Å². The second-order valence-corrected chi connectivity index (χ2v) is 16.7. The fraction of sp³-hybridized carbons (Fsp3) is 0.579. The third-order valence-corrected chi connectivity index (χ3v) is 11.8. The summed E-state index contributed by atoms with van der Waals surface area (Å²) in [4.78, 5) is 108. The molecule has 1 aliphatic rings. The Morgan fingerprint density at radius 1 is 0.984 bits per heavy atom. The molecule has 8 amide bonds. The van der Waals surface area contributed by atoms with Gasteiger partial charge in [-0.15, -0.1) is 0 Å². The first-order valence-electron chi connectivity index (χ1n) is 20.1. The van der Waals surface area contributed by atoms with E-state index in [1.807, 2.05) is 0 Å². The van der Waals surface area contributed by atoms with E-state index in [1.165, 1.54) is 25.1 Å². The van der Waals surface area contributed by atoms with Gasteiger partial charge in [0.05, 0.1) is 79.5 Å². The first kappa shape index (κ1) is 51.6. The van der Waals surface area contributed by atoms with Crippen molar-refractivity contribution in [3.05, 3.63) is 23.8 Å². The molecule has 2 heterocycles. The number of amides is 8. The van der Waals surface area contributed by atoms with Gasteiger partial charge in [0.1, 0.15) is 34.9 Å². The number of aromatic amines is 1. The van der Waals surface area contributed by atoms with Crippen LogP contribution in [0.4, 0.5) is 0 Å². The number of hydrogen-bond donors (Lipinski definition) is 15. The van der Waals surface area contributed by atoms with Gasteiger partial charge in [-0.3, -0.25) is 42.6 Å². The molecular formula is C38H58N10O14S. The minimum atomic E-state index is -2.33. The number of aliphatic hydroxyl groups is 4. The van der Waals surface area contributed by atoms with Gasteiger partial charge in [0.25, 0.3) is 0 Å². The molecular weight excluding hydrogens is 853 g/mol. The number of aromatic hydroxyl groups is 1. The average Bonchev–Trinajstić information content (AvgIpc) is 3.60. The van der Waals surface area contributed by atoms with Crippen molar-refractivity contribution in [2.45, 2.75) is 93.9 Å². The third-order valence-electron chi connectivity index (χ3n) is 10.4. The standard InChI is InChI=1S/C38H58N10O14S/c1-4-17(2)32(48-30(56)11-39)36(60)42-13-31(57)44-26-16-63(62)38-23(22-6-5-20(51)8-24(22)46-38)7-19(14-49)43-37(61)33(18(3)27(53)15-50)47-29(55)9-21(52)12-41-34(58)25(10-28(40)54)45-35(26)59/h5-6,8,17-19,21,25-27,32-33,46,49-53H,4,7,9-16,39H2,1-3H3,(H2,40,54)(H,41,58)(H,42,60)(H,43,61)(H,44,57)(H,45,59)(H,47,55)(H,48,56)/t17-,18-,19-,21+,25-,26-,27-,32-,33-,63?/m0/s1. The Morgan fingerprint density at radius 2 is 1.68 bits per heavy atom. The second-order valence-electron chi connectivity index (χ2n) is 15.2. The molecule has 1 aliphatic heterocycles. The van der Waals surface area contributed by atoms with Crippen LogP contribution in [0.3, 0.4) is 0 Å². The van der Waals surface area contributed by atoms with Crippen molar-refractivity contribution in [2.75, 3.05) is 38.6 Å². The summed E-state index contributed by atoms with van der Waals surface area (Å²) in [5.41, 5.74) is 11.2. The molecule has 1 aromatic heterocycles. The van der Waals surface area contributed by atoms with Crippen LogP contribution in [-0.2, 0) is 55.6 Å². The van der Waals surface area contributed by atoms with Crippen LogP contribution < -0.4 is 48.7 Å². The van der Waals surface area contributed by atoms with Crippen LogP contribution in [0.1, 0.15) is 45.6 Å². The number of H-pyrrole nitrogens is 1. The van der Waals surface area contributed by atoms with E-state index < -0.39 is 164 Å². The lowest BCUT2D eigenvalue weighted by Gasteiger charge is -2.29. The predicted octanol–water partition coefficient (Wildman–Crippen LogP) is -6.19. The third kappa shape index (κ3) is 15.0. The summed E-state index contributed by atoms with van der Waals surface area (Å²) >= 11 is 0. The highest BCUT2D eigenvalue weighted by Crippen LogP contribution is 2.29. The largest absolute Gasteiger partial charge is 0.508 e. The van der Waals surface area contributed by atoms with E-state index in [0.717, 1.165) is 0 Å². The maximum absolute atomic E-state index is 14.4. The number of hydrogen-bond acceptors (Lipinski definition) is 15. The molecule has 1 aromatic carbocycles. The van der Waals surface area contributed by atoms with Gasteiger partial charge < -0.3 is 79.2 Å². The fourth-order valence-electron chi connectivity index (χ4n) is 6.56. The normalized spacial score (nSPS) is 23.9. The predicted molar refractivity (Wildman–Crippen MR) is 223 cm³/mol. The summed E-state index contributed by atoms with van der Waals surface area (Å²) < 4.78 is 14.4. The van der Waals surface area contributed by atoms with Gasteiger partial charge >= 0.3 is 0 Å². The van der Waals surface area contributed by atoms with E-state index in [2.05, 4.69) is 42.2 Å². The molecule has 10 atom stereocenters. The Balaban J connectivity index is 2.11. The summed E-state index contributed by atoms with van der Waals surface area (Å²) in [5, 5.41) is 68.4. The first-order valence-corrected chi connectivity index (χ1v) is 21.4. The number of phenols is 1. The zero-order valence-electron chi connectivity index (χ0n) is 35.0. The molecule has 25 heteroatoms. The lowest BCUT2D eigenvalue weighted by Crippen LogP contribution is -2.58. The molecule has 0 aliphatic carbocycles. The topological polar surface area (TPSA) is 407 Å². The highest BCUT2D eigenvalue weighted by Gasteiger charge is 2.35. The highest BCUT2D eigenvalue weighted by atomic mass is 32.2. The Morgan fingerprint density at radius 3 is 2.30 bits per heavy atom. The number of aromatic nitrogens is 1. The number of nitrogens with two attached hydrogens (primary N) is 2. The van der Waals surface area contributed by atoms with Gasteiger partial charge in [-0.05, 0) is 30.0 Å². The first-order chi connectivity index (χ1) is 29.7. The van der Waals surface area contributed by atoms with E-state index in [0.29, 0.717) is 11.8 Å². The maximum Gasteiger partial charge on any atom is 0.244 e. The second kappa shape index (κ2) is 24.2. The van der Waals surface area contributed by atoms with E-state index in [9.17, 15) is 68.1 Å². The Labute approximate surface area is 363 Å². The number of carbonyl (C=O) groups is 8. The van der Waals surface area contributed by atoms with Crippen molar-refractivity contribution in [1.82, 2.24) is 42.2 Å². The summed E-state index contributed by atoms with van der Waals surface area (Å²) in [7, 11) is -2.33. The summed E-state index contributed by atoms with van der Waals surface area (Å²) in [6.45, 7) is 1.45. The average molecular weight is 911 g/mol. The number of aliphatic hydroxyl groups excluding tert-OH is 4. The van der Waals surface area contributed by atoms with Crippen LogP contribution >= 0.6 is 0 Å². The van der Waals surface area contributed by atoms with E-state index >= 15 is 0 Å². The van der Waals surface area contributed by atoms with Crippen LogP contribution in [0, 0.1) is 11.8 Å². The minimum Gasteiger partial charge on any atom is -0.508 e. The number of benzene rings is 1. The number of fused-ring (bicyclic) bond motifs is 3. The van der Waals surface area contributed by atoms with Crippen molar-refractivity contribution in [1.29, 1.82) is 0 Å². The zero-order valence-corrected chi connectivity index (χ0v) is 35.8. The van der Waals surface area contributed by atoms with Gasteiger partial charge in [-0.1, -0.05) is 27.2 Å². The number of phenolic OH excluding ortho intramolecular Hbond substituents is 1. The monoisotopic (exact) mass is 910 g/mol. The number of β-amino-alcohol motifs (C(OH)–C–C–N with tert-alkyl or cyclic N) is 1. The zero-order chi connectivity index (χ0) is 47.1. The summed E-state index contributed by atoms with van der Waals surface area (Å²) in [6.07, 6.45) is -4.50. The minimum absolute atomic E-state index is 0.0977. The SMILES string of the molecule is CC[C@H](C)[C@H](NC(=O)CN)C(=O)NCC(=O)N[C@H]1CS(=O)c2[nH]c3cc(O)ccc3c2C[C@@H](CO)NC(=O)[C@H]([C@@H](C)[C@@H](O)CO)NC(=O)C[C@@H](O)CNC(=O)[C@H](CC(N)=O)NC1=O. The molecule has 17 N–H and O–H groups in total. The summed E-state index contributed by atoms with van der Waals surface area (Å²) in [5.74, 6) is -10.0. The van der Waals surface area contributed by atoms with Crippen molar-refractivity contribution in [3.8, 4) is 5.75 Å². The van der Waals surface area contributed by atoms with Gasteiger partial charge in [0, 0.05) is 23.9 Å². The van der Waals surface area contributed by atoms with Crippen LogP contribution in [0.25, 0.3) is 10.9 Å². The molecule has 24 nitrogen and oxygen atoms in total.